The highest BCUT2D eigenvalue weighted by atomic mass is 19.4. The fourth-order valence-corrected chi connectivity index (χ4v) is 4.38. The number of benzene rings is 1. The van der Waals surface area contributed by atoms with Crippen LogP contribution in [-0.2, 0) is 19.0 Å². The minimum absolute atomic E-state index is 0.0416. The van der Waals surface area contributed by atoms with Crippen LogP contribution in [0.1, 0.15) is 49.4 Å². The lowest BCUT2D eigenvalue weighted by Crippen LogP contribution is -2.33. The Labute approximate surface area is 180 Å². The monoisotopic (exact) mass is 434 g/mol. The van der Waals surface area contributed by atoms with Crippen LogP contribution in [0, 0.1) is 0 Å². The maximum atomic E-state index is 13.2. The van der Waals surface area contributed by atoms with Gasteiger partial charge in [0.05, 0.1) is 11.3 Å². The van der Waals surface area contributed by atoms with E-state index in [4.69, 9.17) is 10.7 Å². The Morgan fingerprint density at radius 3 is 2.74 bits per heavy atom. The van der Waals surface area contributed by atoms with Gasteiger partial charge in [0.2, 0.25) is 5.95 Å². The van der Waals surface area contributed by atoms with Crippen LogP contribution in [0.5, 0.6) is 0 Å². The van der Waals surface area contributed by atoms with Crippen molar-refractivity contribution in [2.45, 2.75) is 57.7 Å². The second-order valence-corrected chi connectivity index (χ2v) is 8.36. The SMILES string of the molecule is CCCNC1CCN(c2nc(Nc3cc(N)cc(C(F)(F)F)c3)nc3c2CCCC3)C1. The molecule has 0 bridgehead atoms. The molecule has 9 heteroatoms. The van der Waals surface area contributed by atoms with Crippen LogP contribution in [-0.4, -0.2) is 35.6 Å². The summed E-state index contributed by atoms with van der Waals surface area (Å²) in [4.78, 5) is 11.7. The minimum Gasteiger partial charge on any atom is -0.399 e. The minimum atomic E-state index is -4.47. The lowest BCUT2D eigenvalue weighted by atomic mass is 9.96. The molecule has 1 aliphatic heterocycles. The fraction of sp³-hybridized carbons (Fsp3) is 0.545. The Kier molecular flexibility index (Phi) is 6.22. The largest absolute Gasteiger partial charge is 0.416 e. The van der Waals surface area contributed by atoms with Gasteiger partial charge in [0, 0.05) is 36.1 Å². The highest BCUT2D eigenvalue weighted by Crippen LogP contribution is 2.35. The normalized spacial score (nSPS) is 18.8. The Morgan fingerprint density at radius 1 is 1.16 bits per heavy atom. The molecule has 2 heterocycles. The van der Waals surface area contributed by atoms with Crippen molar-refractivity contribution in [2.75, 3.05) is 35.6 Å². The summed E-state index contributed by atoms with van der Waals surface area (Å²) in [6.07, 6.45) is 1.62. The number of rotatable bonds is 6. The van der Waals surface area contributed by atoms with Gasteiger partial charge in [-0.25, -0.2) is 4.98 Å². The maximum Gasteiger partial charge on any atom is 0.416 e. The molecule has 2 aliphatic rings. The van der Waals surface area contributed by atoms with Crippen LogP contribution in [0.4, 0.5) is 36.3 Å². The van der Waals surface area contributed by atoms with E-state index < -0.39 is 11.7 Å². The van der Waals surface area contributed by atoms with Crippen LogP contribution >= 0.6 is 0 Å². The summed E-state index contributed by atoms with van der Waals surface area (Å²) < 4.78 is 39.5. The molecule has 4 N–H and O–H groups in total. The highest BCUT2D eigenvalue weighted by molar-refractivity contribution is 5.64. The van der Waals surface area contributed by atoms with Crippen molar-refractivity contribution in [1.29, 1.82) is 0 Å². The quantitative estimate of drug-likeness (QED) is 0.589. The zero-order valence-corrected chi connectivity index (χ0v) is 17.7. The van der Waals surface area contributed by atoms with Crippen molar-refractivity contribution < 1.29 is 13.2 Å². The van der Waals surface area contributed by atoms with E-state index in [0.29, 0.717) is 12.0 Å². The molecule has 0 saturated carbocycles. The van der Waals surface area contributed by atoms with E-state index in [1.165, 1.54) is 11.6 Å². The number of aryl methyl sites for hydroxylation is 1. The van der Waals surface area contributed by atoms with Gasteiger partial charge >= 0.3 is 6.18 Å². The van der Waals surface area contributed by atoms with Crippen LogP contribution < -0.4 is 21.3 Å². The van der Waals surface area contributed by atoms with Crippen LogP contribution in [0.3, 0.4) is 0 Å². The second-order valence-electron chi connectivity index (χ2n) is 8.36. The average Bonchev–Trinajstić information content (AvgIpc) is 3.19. The Balaban J connectivity index is 1.63. The highest BCUT2D eigenvalue weighted by Gasteiger charge is 2.31. The number of halogens is 3. The number of nitrogens with two attached hydrogens (primary N) is 1. The molecule has 1 fully saturated rings. The van der Waals surface area contributed by atoms with Crippen LogP contribution in [0.25, 0.3) is 0 Å². The molecule has 1 aromatic carbocycles. The lowest BCUT2D eigenvalue weighted by Gasteiger charge is -2.26. The van der Waals surface area contributed by atoms with Crippen LogP contribution in [0.15, 0.2) is 18.2 Å². The molecule has 31 heavy (non-hydrogen) atoms. The van der Waals surface area contributed by atoms with Crippen molar-refractivity contribution in [1.82, 2.24) is 15.3 Å². The van der Waals surface area contributed by atoms with E-state index in [9.17, 15) is 13.2 Å². The van der Waals surface area contributed by atoms with Gasteiger partial charge in [-0.05, 0) is 63.3 Å². The Bertz CT molecular complexity index is 930. The molecule has 6 nitrogen and oxygen atoms in total. The molecule has 2 aromatic rings. The lowest BCUT2D eigenvalue weighted by molar-refractivity contribution is -0.137. The van der Waals surface area contributed by atoms with Gasteiger partial charge in [-0.3, -0.25) is 0 Å². The van der Waals surface area contributed by atoms with Gasteiger partial charge in [-0.1, -0.05) is 6.92 Å². The van der Waals surface area contributed by atoms with Crippen LogP contribution in [0.2, 0.25) is 0 Å². The standard InChI is InChI=1S/C22H29F3N6/c1-2-8-27-16-7-9-31(13-16)20-18-5-3-4-6-19(18)29-21(30-20)28-17-11-14(22(23,24)25)10-15(26)12-17/h10-12,16,27H,2-9,13,26H2,1H3,(H,28,29,30). The smallest absolute Gasteiger partial charge is 0.399 e. The molecular formula is C22H29F3N6. The number of anilines is 4. The summed E-state index contributed by atoms with van der Waals surface area (Å²) in [5.41, 5.74) is 7.36. The number of alkyl halides is 3. The summed E-state index contributed by atoms with van der Waals surface area (Å²) in [5.74, 6) is 1.23. The summed E-state index contributed by atoms with van der Waals surface area (Å²) in [6.45, 7) is 4.92. The van der Waals surface area contributed by atoms with Crippen molar-refractivity contribution in [3.63, 3.8) is 0 Å². The maximum absolute atomic E-state index is 13.2. The number of aromatic nitrogens is 2. The third-order valence-corrected chi connectivity index (χ3v) is 5.87. The molecule has 1 aliphatic carbocycles. The predicted octanol–water partition coefficient (Wildman–Crippen LogP) is 4.28. The van der Waals surface area contributed by atoms with E-state index in [1.54, 1.807) is 0 Å². The van der Waals surface area contributed by atoms with Crippen molar-refractivity contribution >= 4 is 23.1 Å². The molecule has 1 aromatic heterocycles. The third-order valence-electron chi connectivity index (χ3n) is 5.87. The van der Waals surface area contributed by atoms with Gasteiger partial charge < -0.3 is 21.3 Å². The average molecular weight is 435 g/mol. The summed E-state index contributed by atoms with van der Waals surface area (Å²) >= 11 is 0. The number of fused-ring (bicyclic) bond motifs is 1. The number of hydrogen-bond donors (Lipinski definition) is 3. The van der Waals surface area contributed by atoms with Crippen molar-refractivity contribution in [3.05, 3.63) is 35.0 Å². The van der Waals surface area contributed by atoms with Gasteiger partial charge in [0.1, 0.15) is 5.82 Å². The van der Waals surface area contributed by atoms with E-state index in [1.807, 2.05) is 0 Å². The molecule has 0 amide bonds. The zero-order chi connectivity index (χ0) is 22.0. The van der Waals surface area contributed by atoms with E-state index in [0.717, 1.165) is 81.8 Å². The fourth-order valence-electron chi connectivity index (χ4n) is 4.38. The number of nitrogens with zero attached hydrogens (tertiary/aromatic N) is 3. The molecule has 168 valence electrons. The van der Waals surface area contributed by atoms with E-state index >= 15 is 0 Å². The molecule has 0 spiro atoms. The van der Waals surface area contributed by atoms with E-state index in [2.05, 4.69) is 27.4 Å². The molecular weight excluding hydrogens is 405 g/mol. The molecule has 0 radical (unpaired) electrons. The molecule has 1 atom stereocenters. The van der Waals surface area contributed by atoms with Gasteiger partial charge in [0.15, 0.2) is 0 Å². The van der Waals surface area contributed by atoms with Gasteiger partial charge in [0.25, 0.3) is 0 Å². The summed E-state index contributed by atoms with van der Waals surface area (Å²) in [6, 6.07) is 3.86. The first-order valence-corrected chi connectivity index (χ1v) is 11.0. The number of nitrogen functional groups attached to an aromatic ring is 1. The first kappa shape index (κ1) is 21.7. The first-order chi connectivity index (χ1) is 14.8. The molecule has 1 unspecified atom stereocenters. The number of nitrogens with one attached hydrogen (secondary N) is 2. The zero-order valence-electron chi connectivity index (χ0n) is 17.7. The Morgan fingerprint density at radius 2 is 1.97 bits per heavy atom. The second kappa shape index (κ2) is 8.90. The molecule has 4 rings (SSSR count). The first-order valence-electron chi connectivity index (χ1n) is 11.0. The summed E-state index contributed by atoms with van der Waals surface area (Å²) in [5, 5.41) is 6.54. The van der Waals surface area contributed by atoms with Gasteiger partial charge in [-0.15, -0.1) is 0 Å². The third kappa shape index (κ3) is 5.03. The predicted molar refractivity (Wildman–Crippen MR) is 117 cm³/mol. The van der Waals surface area contributed by atoms with Crippen molar-refractivity contribution in [3.8, 4) is 0 Å². The van der Waals surface area contributed by atoms with Gasteiger partial charge in [-0.2, -0.15) is 18.2 Å². The van der Waals surface area contributed by atoms with Crippen molar-refractivity contribution in [2.24, 2.45) is 0 Å². The molecule has 1 saturated heterocycles. The topological polar surface area (TPSA) is 79.1 Å². The Hall–Kier alpha value is -2.55. The van der Waals surface area contributed by atoms with E-state index in [-0.39, 0.29) is 11.4 Å². The number of hydrogen-bond acceptors (Lipinski definition) is 6. The summed E-state index contributed by atoms with van der Waals surface area (Å²) in [7, 11) is 0.